The first-order valence-corrected chi connectivity index (χ1v) is 4.36. The van der Waals surface area contributed by atoms with Gasteiger partial charge >= 0.3 is 0 Å². The summed E-state index contributed by atoms with van der Waals surface area (Å²) in [6, 6.07) is 0. The van der Waals surface area contributed by atoms with Crippen LogP contribution in [-0.4, -0.2) is 16.6 Å². The van der Waals surface area contributed by atoms with Crippen molar-refractivity contribution in [3.05, 3.63) is 0 Å². The Morgan fingerprint density at radius 3 is 2.40 bits per heavy atom. The van der Waals surface area contributed by atoms with Crippen molar-refractivity contribution < 1.29 is 5.11 Å². The molecular formula is C8H16OS. The highest BCUT2D eigenvalue weighted by Gasteiger charge is 2.12. The van der Waals surface area contributed by atoms with Gasteiger partial charge in [-0.25, -0.2) is 0 Å². The molecule has 0 heterocycles. The summed E-state index contributed by atoms with van der Waals surface area (Å²) >= 11 is 4.78. The molecule has 0 aliphatic heterocycles. The summed E-state index contributed by atoms with van der Waals surface area (Å²) in [5.74, 6) is 0.218. The van der Waals surface area contributed by atoms with Crippen molar-refractivity contribution in [2.45, 2.75) is 39.2 Å². The van der Waals surface area contributed by atoms with Crippen LogP contribution in [0.15, 0.2) is 0 Å². The van der Waals surface area contributed by atoms with Crippen molar-refractivity contribution in [3.8, 4) is 0 Å². The molecule has 0 spiro atoms. The van der Waals surface area contributed by atoms with E-state index in [-0.39, 0.29) is 12.0 Å². The lowest BCUT2D eigenvalue weighted by atomic mass is 9.98. The Morgan fingerprint density at radius 2 is 2.10 bits per heavy atom. The molecule has 0 aliphatic carbocycles. The van der Waals surface area contributed by atoms with Gasteiger partial charge in [-0.05, 0) is 18.2 Å². The van der Waals surface area contributed by atoms with Crippen LogP contribution in [0.3, 0.4) is 0 Å². The fourth-order valence-electron chi connectivity index (χ4n) is 0.969. The fourth-order valence-corrected chi connectivity index (χ4v) is 1.34. The highest BCUT2D eigenvalue weighted by molar-refractivity contribution is 7.79. The van der Waals surface area contributed by atoms with E-state index in [4.69, 9.17) is 12.2 Å². The van der Waals surface area contributed by atoms with E-state index in [2.05, 4.69) is 6.92 Å². The summed E-state index contributed by atoms with van der Waals surface area (Å²) in [6.07, 6.45) is 2.63. The molecule has 2 unspecified atom stereocenters. The molecule has 60 valence electrons. The largest absolute Gasteiger partial charge is 0.392 e. The fraction of sp³-hybridized carbons (Fsp3) is 0.875. The van der Waals surface area contributed by atoms with Gasteiger partial charge in [0.15, 0.2) is 0 Å². The Morgan fingerprint density at radius 1 is 1.50 bits per heavy atom. The van der Waals surface area contributed by atoms with E-state index in [1.807, 2.05) is 6.92 Å². The normalized spacial score (nSPS) is 16.3. The molecule has 0 rings (SSSR count). The van der Waals surface area contributed by atoms with E-state index in [0.29, 0.717) is 0 Å². The SMILES string of the molecule is CCCC(O)C(C=S)CC. The van der Waals surface area contributed by atoms with Gasteiger partial charge in [0.05, 0.1) is 6.10 Å². The number of aliphatic hydroxyl groups excluding tert-OH is 1. The molecule has 0 radical (unpaired) electrons. The van der Waals surface area contributed by atoms with Crippen molar-refractivity contribution in [2.24, 2.45) is 5.92 Å². The van der Waals surface area contributed by atoms with Crippen LogP contribution in [0.4, 0.5) is 0 Å². The minimum Gasteiger partial charge on any atom is -0.392 e. The standard InChI is InChI=1S/C8H16OS/c1-3-5-8(9)7(4-2)6-10/h6-9H,3-5H2,1-2H3. The molecular weight excluding hydrogens is 144 g/mol. The topological polar surface area (TPSA) is 20.2 Å². The van der Waals surface area contributed by atoms with E-state index in [1.54, 1.807) is 5.37 Å². The van der Waals surface area contributed by atoms with Crippen molar-refractivity contribution in [3.63, 3.8) is 0 Å². The van der Waals surface area contributed by atoms with Crippen LogP contribution in [0.25, 0.3) is 0 Å². The van der Waals surface area contributed by atoms with E-state index < -0.39 is 0 Å². The first-order valence-electron chi connectivity index (χ1n) is 3.89. The monoisotopic (exact) mass is 160 g/mol. The predicted molar refractivity (Wildman–Crippen MR) is 48.4 cm³/mol. The third-order valence-electron chi connectivity index (χ3n) is 1.72. The molecule has 1 nitrogen and oxygen atoms in total. The molecule has 0 bridgehead atoms. The van der Waals surface area contributed by atoms with Gasteiger partial charge in [0.1, 0.15) is 0 Å². The lowest BCUT2D eigenvalue weighted by Crippen LogP contribution is -2.19. The highest BCUT2D eigenvalue weighted by atomic mass is 32.1. The third-order valence-corrected chi connectivity index (χ3v) is 2.07. The van der Waals surface area contributed by atoms with Crippen LogP contribution >= 0.6 is 12.2 Å². The summed E-state index contributed by atoms with van der Waals surface area (Å²) in [6.45, 7) is 4.12. The number of hydrogen-bond donors (Lipinski definition) is 1. The molecule has 0 amide bonds. The van der Waals surface area contributed by atoms with Gasteiger partial charge in [-0.2, -0.15) is 0 Å². The van der Waals surface area contributed by atoms with Gasteiger partial charge in [-0.3, -0.25) is 0 Å². The summed E-state index contributed by atoms with van der Waals surface area (Å²) in [5, 5.41) is 11.1. The zero-order valence-electron chi connectivity index (χ0n) is 6.71. The molecule has 0 aromatic heterocycles. The number of thiocarbonyl (C=S) groups is 1. The summed E-state index contributed by atoms with van der Waals surface area (Å²) < 4.78 is 0. The van der Waals surface area contributed by atoms with Crippen LogP contribution in [0.2, 0.25) is 0 Å². The first-order chi connectivity index (χ1) is 4.76. The summed E-state index contributed by atoms with van der Waals surface area (Å²) in [5.41, 5.74) is 0. The number of hydrogen-bond acceptors (Lipinski definition) is 2. The lowest BCUT2D eigenvalue weighted by molar-refractivity contribution is 0.128. The van der Waals surface area contributed by atoms with Crippen LogP contribution < -0.4 is 0 Å². The second-order valence-corrected chi connectivity index (χ2v) is 2.84. The van der Waals surface area contributed by atoms with E-state index in [1.165, 1.54) is 0 Å². The van der Waals surface area contributed by atoms with Crippen molar-refractivity contribution >= 4 is 17.6 Å². The summed E-state index contributed by atoms with van der Waals surface area (Å²) in [7, 11) is 0. The molecule has 1 N–H and O–H groups in total. The number of rotatable bonds is 5. The molecule has 0 aromatic rings. The highest BCUT2D eigenvalue weighted by Crippen LogP contribution is 2.10. The molecule has 0 saturated heterocycles. The van der Waals surface area contributed by atoms with Crippen LogP contribution in [0.1, 0.15) is 33.1 Å². The quantitative estimate of drug-likeness (QED) is 0.622. The molecule has 2 heteroatoms. The van der Waals surface area contributed by atoms with E-state index in [9.17, 15) is 5.11 Å². The van der Waals surface area contributed by atoms with E-state index in [0.717, 1.165) is 19.3 Å². The van der Waals surface area contributed by atoms with Gasteiger partial charge in [0.25, 0.3) is 0 Å². The zero-order valence-corrected chi connectivity index (χ0v) is 7.53. The molecule has 10 heavy (non-hydrogen) atoms. The Hall–Kier alpha value is 0.0500. The Balaban J connectivity index is 3.63. The van der Waals surface area contributed by atoms with E-state index >= 15 is 0 Å². The van der Waals surface area contributed by atoms with Gasteiger partial charge in [-0.1, -0.05) is 32.5 Å². The maximum Gasteiger partial charge on any atom is 0.0610 e. The maximum atomic E-state index is 9.41. The predicted octanol–water partition coefficient (Wildman–Crippen LogP) is 2.17. The van der Waals surface area contributed by atoms with Crippen LogP contribution in [0, 0.1) is 5.92 Å². The lowest BCUT2D eigenvalue weighted by Gasteiger charge is -2.15. The molecule has 0 fully saturated rings. The third kappa shape index (κ3) is 3.28. The van der Waals surface area contributed by atoms with Crippen LogP contribution in [-0.2, 0) is 0 Å². The van der Waals surface area contributed by atoms with Crippen molar-refractivity contribution in [2.75, 3.05) is 0 Å². The first kappa shape index (κ1) is 10.0. The average molecular weight is 160 g/mol. The van der Waals surface area contributed by atoms with Gasteiger partial charge < -0.3 is 5.11 Å². The molecule has 0 aliphatic rings. The maximum absolute atomic E-state index is 9.41. The zero-order chi connectivity index (χ0) is 7.98. The molecule has 0 saturated carbocycles. The van der Waals surface area contributed by atoms with Gasteiger partial charge in [-0.15, -0.1) is 0 Å². The van der Waals surface area contributed by atoms with Crippen molar-refractivity contribution in [1.29, 1.82) is 0 Å². The second kappa shape index (κ2) is 5.81. The average Bonchev–Trinajstić information content (AvgIpc) is 1.91. The smallest absolute Gasteiger partial charge is 0.0610 e. The van der Waals surface area contributed by atoms with Gasteiger partial charge in [0.2, 0.25) is 0 Å². The number of aliphatic hydroxyl groups is 1. The minimum atomic E-state index is -0.215. The Bertz CT molecular complexity index is 93.3. The van der Waals surface area contributed by atoms with Gasteiger partial charge in [0, 0.05) is 5.92 Å². The summed E-state index contributed by atoms with van der Waals surface area (Å²) in [4.78, 5) is 0. The minimum absolute atomic E-state index is 0.215. The Kier molecular flexibility index (Phi) is 5.84. The molecule has 2 atom stereocenters. The molecule has 0 aromatic carbocycles. The van der Waals surface area contributed by atoms with Crippen LogP contribution in [0.5, 0.6) is 0 Å². The van der Waals surface area contributed by atoms with Crippen molar-refractivity contribution in [1.82, 2.24) is 0 Å². The Labute approximate surface area is 68.4 Å². The second-order valence-electron chi connectivity index (χ2n) is 2.56.